The minimum Gasteiger partial charge on any atom is -0.422 e. The van der Waals surface area contributed by atoms with Gasteiger partial charge >= 0.3 is 5.97 Å². The van der Waals surface area contributed by atoms with Gasteiger partial charge in [0.2, 0.25) is 15.8 Å². The van der Waals surface area contributed by atoms with Crippen LogP contribution in [0.1, 0.15) is 10.4 Å². The lowest BCUT2D eigenvalue weighted by atomic mass is 10.0. The molecule has 0 spiro atoms. The third kappa shape index (κ3) is 3.05. The summed E-state index contributed by atoms with van der Waals surface area (Å²) in [5, 5.41) is 7.78. The van der Waals surface area contributed by atoms with E-state index in [2.05, 4.69) is 5.32 Å². The Kier molecular flexibility index (Phi) is 3.92. The molecule has 0 aliphatic carbocycles. The standard InChI is InChI=1S/C16H12N2O5S/c17-24(21,22)11-7-5-10(6-8-11)18-9-13-15(19)12-3-1-2-4-14(12)23-16(13)20/h1-9,18H,(H2,17,21,22)/b13-9-. The second-order valence-electron chi connectivity index (χ2n) is 4.99. The minimum atomic E-state index is -3.78. The minimum absolute atomic E-state index is 0.0391. The maximum atomic E-state index is 12.3. The smallest absolute Gasteiger partial charge is 0.349 e. The number of carbonyl (C=O) groups is 2. The summed E-state index contributed by atoms with van der Waals surface area (Å²) in [6.07, 6.45) is 1.23. The molecule has 3 N–H and O–H groups in total. The van der Waals surface area contributed by atoms with E-state index in [1.165, 1.54) is 30.5 Å². The SMILES string of the molecule is NS(=O)(=O)c1ccc(N/C=C2\C(=O)Oc3ccccc3C2=O)cc1. The van der Waals surface area contributed by atoms with Crippen LogP contribution in [0.25, 0.3) is 0 Å². The van der Waals surface area contributed by atoms with Crippen molar-refractivity contribution in [3.8, 4) is 5.75 Å². The number of hydrogen-bond acceptors (Lipinski definition) is 6. The predicted molar refractivity (Wildman–Crippen MR) is 85.9 cm³/mol. The molecule has 0 unspecified atom stereocenters. The van der Waals surface area contributed by atoms with Gasteiger partial charge in [0.25, 0.3) is 0 Å². The summed E-state index contributed by atoms with van der Waals surface area (Å²) in [6, 6.07) is 12.0. The van der Waals surface area contributed by atoms with Crippen molar-refractivity contribution in [1.29, 1.82) is 0 Å². The summed E-state index contributed by atoms with van der Waals surface area (Å²) >= 11 is 0. The lowest BCUT2D eigenvalue weighted by molar-refractivity contribution is -0.130. The molecule has 2 aromatic rings. The number of hydrogen-bond donors (Lipinski definition) is 2. The fourth-order valence-corrected chi connectivity index (χ4v) is 2.67. The van der Waals surface area contributed by atoms with Gasteiger partial charge in [-0.1, -0.05) is 12.1 Å². The Balaban J connectivity index is 1.85. The quantitative estimate of drug-likeness (QED) is 0.377. The first-order chi connectivity index (χ1) is 11.4. The van der Waals surface area contributed by atoms with Crippen molar-refractivity contribution in [1.82, 2.24) is 0 Å². The molecule has 0 bridgehead atoms. The number of carbonyl (C=O) groups excluding carboxylic acids is 2. The van der Waals surface area contributed by atoms with Crippen molar-refractivity contribution in [2.24, 2.45) is 5.14 Å². The third-order valence-electron chi connectivity index (χ3n) is 3.36. The van der Waals surface area contributed by atoms with Crippen LogP contribution in [-0.2, 0) is 14.8 Å². The molecular weight excluding hydrogens is 332 g/mol. The van der Waals surface area contributed by atoms with E-state index in [1.807, 2.05) is 0 Å². The second-order valence-corrected chi connectivity index (χ2v) is 6.55. The van der Waals surface area contributed by atoms with E-state index >= 15 is 0 Å². The van der Waals surface area contributed by atoms with E-state index in [0.29, 0.717) is 11.3 Å². The monoisotopic (exact) mass is 344 g/mol. The molecule has 8 heteroatoms. The normalized spacial score (nSPS) is 15.8. The van der Waals surface area contributed by atoms with Gasteiger partial charge in [0.15, 0.2) is 0 Å². The maximum Gasteiger partial charge on any atom is 0.349 e. The molecule has 0 saturated carbocycles. The number of sulfonamides is 1. The lowest BCUT2D eigenvalue weighted by Gasteiger charge is -2.16. The highest BCUT2D eigenvalue weighted by atomic mass is 32.2. The van der Waals surface area contributed by atoms with Crippen molar-refractivity contribution in [2.45, 2.75) is 4.90 Å². The number of para-hydroxylation sites is 1. The molecule has 1 aliphatic rings. The topological polar surface area (TPSA) is 116 Å². The van der Waals surface area contributed by atoms with Crippen LogP contribution in [0.4, 0.5) is 5.69 Å². The number of esters is 1. The highest BCUT2D eigenvalue weighted by Crippen LogP contribution is 2.27. The zero-order valence-corrected chi connectivity index (χ0v) is 13.0. The van der Waals surface area contributed by atoms with Crippen LogP contribution < -0.4 is 15.2 Å². The van der Waals surface area contributed by atoms with Crippen LogP contribution in [0, 0.1) is 0 Å². The van der Waals surface area contributed by atoms with E-state index in [4.69, 9.17) is 9.88 Å². The molecule has 0 radical (unpaired) electrons. The van der Waals surface area contributed by atoms with Crippen molar-refractivity contribution < 1.29 is 22.7 Å². The number of ketones is 1. The van der Waals surface area contributed by atoms with E-state index in [1.54, 1.807) is 24.3 Å². The molecule has 0 fully saturated rings. The summed E-state index contributed by atoms with van der Waals surface area (Å²) < 4.78 is 27.5. The van der Waals surface area contributed by atoms with Gasteiger partial charge in [-0.05, 0) is 36.4 Å². The molecule has 24 heavy (non-hydrogen) atoms. The molecule has 0 atom stereocenters. The highest BCUT2D eigenvalue weighted by molar-refractivity contribution is 7.89. The second kappa shape index (κ2) is 5.91. The fraction of sp³-hybridized carbons (Fsp3) is 0. The number of nitrogens with one attached hydrogen (secondary N) is 1. The van der Waals surface area contributed by atoms with E-state index in [9.17, 15) is 18.0 Å². The van der Waals surface area contributed by atoms with Crippen molar-refractivity contribution >= 4 is 27.5 Å². The summed E-state index contributed by atoms with van der Waals surface area (Å²) in [7, 11) is -3.78. The average Bonchev–Trinajstić information content (AvgIpc) is 2.54. The van der Waals surface area contributed by atoms with Crippen LogP contribution in [0.15, 0.2) is 65.2 Å². The first-order valence-electron chi connectivity index (χ1n) is 6.82. The third-order valence-corrected chi connectivity index (χ3v) is 4.29. The van der Waals surface area contributed by atoms with Gasteiger partial charge in [-0.25, -0.2) is 18.4 Å². The van der Waals surface area contributed by atoms with Gasteiger partial charge in [-0.2, -0.15) is 0 Å². The highest BCUT2D eigenvalue weighted by Gasteiger charge is 2.30. The molecule has 122 valence electrons. The number of nitrogens with two attached hydrogens (primary N) is 1. The summed E-state index contributed by atoms with van der Waals surface area (Å²) in [6.45, 7) is 0. The molecule has 1 heterocycles. The molecule has 2 aromatic carbocycles. The van der Waals surface area contributed by atoms with Gasteiger partial charge in [0, 0.05) is 11.9 Å². The van der Waals surface area contributed by atoms with E-state index < -0.39 is 21.8 Å². The first-order valence-corrected chi connectivity index (χ1v) is 8.36. The van der Waals surface area contributed by atoms with Gasteiger partial charge in [-0.15, -0.1) is 0 Å². The molecule has 0 amide bonds. The van der Waals surface area contributed by atoms with E-state index in [0.717, 1.165) is 0 Å². The lowest BCUT2D eigenvalue weighted by Crippen LogP contribution is -2.25. The molecule has 0 aromatic heterocycles. The number of ether oxygens (including phenoxy) is 1. The van der Waals surface area contributed by atoms with Crippen molar-refractivity contribution in [3.05, 3.63) is 65.9 Å². The summed E-state index contributed by atoms with van der Waals surface area (Å²) in [5.74, 6) is -0.981. The van der Waals surface area contributed by atoms with Crippen molar-refractivity contribution in [3.63, 3.8) is 0 Å². The largest absolute Gasteiger partial charge is 0.422 e. The number of anilines is 1. The zero-order chi connectivity index (χ0) is 17.3. The van der Waals surface area contributed by atoms with Gasteiger partial charge < -0.3 is 10.1 Å². The summed E-state index contributed by atoms with van der Waals surface area (Å²) in [5.41, 5.74) is 0.633. The first kappa shape index (κ1) is 15.9. The summed E-state index contributed by atoms with van der Waals surface area (Å²) in [4.78, 5) is 24.2. The fourth-order valence-electron chi connectivity index (χ4n) is 2.16. The van der Waals surface area contributed by atoms with Gasteiger partial charge in [0.05, 0.1) is 10.5 Å². The van der Waals surface area contributed by atoms with Gasteiger partial charge in [-0.3, -0.25) is 4.79 Å². The van der Waals surface area contributed by atoms with Crippen LogP contribution in [0.3, 0.4) is 0 Å². The van der Waals surface area contributed by atoms with Crippen LogP contribution >= 0.6 is 0 Å². The predicted octanol–water partition coefficient (Wildman–Crippen LogP) is 1.43. The maximum absolute atomic E-state index is 12.3. The molecule has 3 rings (SSSR count). The van der Waals surface area contributed by atoms with Gasteiger partial charge in [0.1, 0.15) is 11.3 Å². The zero-order valence-electron chi connectivity index (χ0n) is 12.2. The molecular formula is C16H12N2O5S. The Bertz CT molecular complexity index is 962. The average molecular weight is 344 g/mol. The number of fused-ring (bicyclic) bond motifs is 1. The number of primary sulfonamides is 1. The van der Waals surface area contributed by atoms with Crippen molar-refractivity contribution in [2.75, 3.05) is 5.32 Å². The van der Waals surface area contributed by atoms with E-state index in [-0.39, 0.29) is 16.2 Å². The van der Waals surface area contributed by atoms with Crippen LogP contribution in [0.5, 0.6) is 5.75 Å². The van der Waals surface area contributed by atoms with Crippen LogP contribution in [0.2, 0.25) is 0 Å². The molecule has 1 aliphatic heterocycles. The number of rotatable bonds is 3. The Morgan fingerprint density at radius 1 is 1.00 bits per heavy atom. The number of Topliss-reactive ketones (excluding diaryl/α,β-unsaturated/α-hetero) is 1. The Morgan fingerprint density at radius 2 is 1.67 bits per heavy atom. The number of benzene rings is 2. The van der Waals surface area contributed by atoms with Crippen LogP contribution in [-0.4, -0.2) is 20.2 Å². The Morgan fingerprint density at radius 3 is 2.33 bits per heavy atom. The molecule has 7 nitrogen and oxygen atoms in total. The Hall–Kier alpha value is -2.97. The molecule has 0 saturated heterocycles. The Labute approximate surface area is 137 Å².